The van der Waals surface area contributed by atoms with Crippen LogP contribution in [0.4, 0.5) is 5.69 Å². The van der Waals surface area contributed by atoms with Gasteiger partial charge < -0.3 is 5.32 Å². The predicted octanol–water partition coefficient (Wildman–Crippen LogP) is 5.13. The molecule has 0 aliphatic rings. The third kappa shape index (κ3) is 4.82. The van der Waals surface area contributed by atoms with Crippen LogP contribution in [0.1, 0.15) is 11.1 Å². The van der Waals surface area contributed by atoms with Gasteiger partial charge in [0, 0.05) is 22.8 Å². The summed E-state index contributed by atoms with van der Waals surface area (Å²) in [5.41, 5.74) is 3.94. The summed E-state index contributed by atoms with van der Waals surface area (Å²) in [6.45, 7) is 8.36. The average molecular weight is 413 g/mol. The SMILES string of the molecule is C=CCn1c(SCC(=O)Nc2ccc(C)cc2C)nnc1-c1ccc(Cl)cc1. The van der Waals surface area contributed by atoms with Gasteiger partial charge in [-0.15, -0.1) is 16.8 Å². The highest BCUT2D eigenvalue weighted by Gasteiger charge is 2.15. The summed E-state index contributed by atoms with van der Waals surface area (Å²) in [5, 5.41) is 12.8. The van der Waals surface area contributed by atoms with E-state index < -0.39 is 0 Å². The van der Waals surface area contributed by atoms with Crippen LogP contribution in [-0.4, -0.2) is 26.4 Å². The number of carbonyl (C=O) groups excluding carboxylic acids is 1. The van der Waals surface area contributed by atoms with Crippen LogP contribution >= 0.6 is 23.4 Å². The zero-order chi connectivity index (χ0) is 20.1. The average Bonchev–Trinajstić information content (AvgIpc) is 3.06. The van der Waals surface area contributed by atoms with Gasteiger partial charge in [-0.25, -0.2) is 0 Å². The fraction of sp³-hybridized carbons (Fsp3) is 0.190. The highest BCUT2D eigenvalue weighted by atomic mass is 35.5. The molecule has 3 rings (SSSR count). The minimum Gasteiger partial charge on any atom is -0.325 e. The predicted molar refractivity (Wildman–Crippen MR) is 116 cm³/mol. The molecule has 0 radical (unpaired) electrons. The van der Waals surface area contributed by atoms with E-state index in [1.807, 2.05) is 60.9 Å². The number of aryl methyl sites for hydroxylation is 2. The summed E-state index contributed by atoms with van der Waals surface area (Å²) < 4.78 is 1.94. The first-order valence-corrected chi connectivity index (χ1v) is 10.1. The molecule has 3 aromatic rings. The summed E-state index contributed by atoms with van der Waals surface area (Å²) >= 11 is 7.31. The quantitative estimate of drug-likeness (QED) is 0.431. The molecule has 0 aliphatic carbocycles. The molecule has 1 N–H and O–H groups in total. The lowest BCUT2D eigenvalue weighted by Crippen LogP contribution is -2.15. The van der Waals surface area contributed by atoms with Crippen molar-refractivity contribution in [3.63, 3.8) is 0 Å². The van der Waals surface area contributed by atoms with Crippen LogP contribution in [0.5, 0.6) is 0 Å². The zero-order valence-corrected chi connectivity index (χ0v) is 17.3. The Morgan fingerprint density at radius 1 is 1.21 bits per heavy atom. The summed E-state index contributed by atoms with van der Waals surface area (Å²) in [4.78, 5) is 12.4. The van der Waals surface area contributed by atoms with Crippen LogP contribution in [0.3, 0.4) is 0 Å². The molecule has 0 aliphatic heterocycles. The van der Waals surface area contributed by atoms with Crippen molar-refractivity contribution < 1.29 is 4.79 Å². The summed E-state index contributed by atoms with van der Waals surface area (Å²) in [5.74, 6) is 0.871. The number of halogens is 1. The second-order valence-electron chi connectivity index (χ2n) is 6.37. The maximum Gasteiger partial charge on any atom is 0.234 e. The van der Waals surface area contributed by atoms with Crippen molar-refractivity contribution in [1.82, 2.24) is 14.8 Å². The van der Waals surface area contributed by atoms with E-state index in [9.17, 15) is 4.79 Å². The van der Waals surface area contributed by atoms with Crippen molar-refractivity contribution in [3.8, 4) is 11.4 Å². The first-order chi connectivity index (χ1) is 13.5. The van der Waals surface area contributed by atoms with Gasteiger partial charge in [0.15, 0.2) is 11.0 Å². The molecule has 2 aromatic carbocycles. The van der Waals surface area contributed by atoms with Gasteiger partial charge in [0.2, 0.25) is 5.91 Å². The third-order valence-electron chi connectivity index (χ3n) is 4.12. The van der Waals surface area contributed by atoms with Gasteiger partial charge in [0.05, 0.1) is 5.75 Å². The molecule has 0 bridgehead atoms. The van der Waals surface area contributed by atoms with Crippen molar-refractivity contribution in [2.45, 2.75) is 25.5 Å². The number of rotatable bonds is 7. The van der Waals surface area contributed by atoms with Gasteiger partial charge >= 0.3 is 0 Å². The molecular formula is C21H21ClN4OS. The van der Waals surface area contributed by atoms with Crippen LogP contribution in [0.15, 0.2) is 60.3 Å². The maximum atomic E-state index is 12.4. The molecule has 0 saturated heterocycles. The Kier molecular flexibility index (Phi) is 6.54. The van der Waals surface area contributed by atoms with Gasteiger partial charge in [-0.1, -0.05) is 47.1 Å². The minimum atomic E-state index is -0.0850. The van der Waals surface area contributed by atoms with Gasteiger partial charge in [-0.2, -0.15) is 0 Å². The molecule has 5 nitrogen and oxygen atoms in total. The molecule has 28 heavy (non-hydrogen) atoms. The molecule has 1 amide bonds. The van der Waals surface area contributed by atoms with Crippen molar-refractivity contribution in [2.24, 2.45) is 0 Å². The lowest BCUT2D eigenvalue weighted by atomic mass is 10.1. The number of thioether (sulfide) groups is 1. The van der Waals surface area contributed by atoms with Gasteiger partial charge in [-0.3, -0.25) is 9.36 Å². The maximum absolute atomic E-state index is 12.4. The van der Waals surface area contributed by atoms with E-state index in [0.717, 1.165) is 22.4 Å². The topological polar surface area (TPSA) is 59.8 Å². The largest absolute Gasteiger partial charge is 0.325 e. The fourth-order valence-electron chi connectivity index (χ4n) is 2.77. The number of benzene rings is 2. The first kappa shape index (κ1) is 20.2. The number of allylic oxidation sites excluding steroid dienone is 1. The Morgan fingerprint density at radius 2 is 1.96 bits per heavy atom. The molecule has 0 spiro atoms. The van der Waals surface area contributed by atoms with E-state index in [1.54, 1.807) is 6.08 Å². The second-order valence-corrected chi connectivity index (χ2v) is 7.75. The van der Waals surface area contributed by atoms with Gasteiger partial charge in [0.25, 0.3) is 0 Å². The Balaban J connectivity index is 1.72. The molecule has 0 fully saturated rings. The van der Waals surface area contributed by atoms with Crippen LogP contribution in [0.25, 0.3) is 11.4 Å². The molecule has 0 atom stereocenters. The summed E-state index contributed by atoms with van der Waals surface area (Å²) in [7, 11) is 0. The Hall–Kier alpha value is -2.57. The number of anilines is 1. The van der Waals surface area contributed by atoms with Crippen molar-refractivity contribution in [1.29, 1.82) is 0 Å². The molecule has 0 unspecified atom stereocenters. The Morgan fingerprint density at radius 3 is 2.64 bits per heavy atom. The van der Waals surface area contributed by atoms with Crippen LogP contribution < -0.4 is 5.32 Å². The number of hydrogen-bond acceptors (Lipinski definition) is 4. The van der Waals surface area contributed by atoms with E-state index in [4.69, 9.17) is 11.6 Å². The lowest BCUT2D eigenvalue weighted by Gasteiger charge is -2.10. The van der Waals surface area contributed by atoms with Crippen molar-refractivity contribution in [3.05, 3.63) is 71.3 Å². The molecule has 0 saturated carbocycles. The highest BCUT2D eigenvalue weighted by molar-refractivity contribution is 7.99. The zero-order valence-electron chi connectivity index (χ0n) is 15.8. The normalized spacial score (nSPS) is 10.7. The van der Waals surface area contributed by atoms with E-state index in [0.29, 0.717) is 22.5 Å². The number of nitrogens with zero attached hydrogens (tertiary/aromatic N) is 3. The number of amides is 1. The molecular weight excluding hydrogens is 392 g/mol. The number of carbonyl (C=O) groups is 1. The Labute approximate surface area is 173 Å². The van der Waals surface area contributed by atoms with E-state index in [1.165, 1.54) is 11.8 Å². The monoisotopic (exact) mass is 412 g/mol. The van der Waals surface area contributed by atoms with E-state index in [2.05, 4.69) is 22.1 Å². The second kappa shape index (κ2) is 9.08. The summed E-state index contributed by atoms with van der Waals surface area (Å²) in [6, 6.07) is 13.4. The highest BCUT2D eigenvalue weighted by Crippen LogP contribution is 2.25. The number of nitrogens with one attached hydrogen (secondary N) is 1. The fourth-order valence-corrected chi connectivity index (χ4v) is 3.65. The standard InChI is InChI=1S/C21H21ClN4OS/c1-4-11-26-20(16-6-8-17(22)9-7-16)24-25-21(26)28-13-19(27)23-18-10-5-14(2)12-15(18)3/h4-10,12H,1,11,13H2,2-3H3,(H,23,27). The van der Waals surface area contributed by atoms with Crippen molar-refractivity contribution >= 4 is 35.0 Å². The van der Waals surface area contributed by atoms with Crippen molar-refractivity contribution in [2.75, 3.05) is 11.1 Å². The van der Waals surface area contributed by atoms with E-state index >= 15 is 0 Å². The molecule has 7 heteroatoms. The molecule has 1 heterocycles. The number of aromatic nitrogens is 3. The van der Waals surface area contributed by atoms with Crippen LogP contribution in [-0.2, 0) is 11.3 Å². The van der Waals surface area contributed by atoms with Gasteiger partial charge in [-0.05, 0) is 49.7 Å². The van der Waals surface area contributed by atoms with E-state index in [-0.39, 0.29) is 11.7 Å². The molecule has 144 valence electrons. The molecule has 1 aromatic heterocycles. The summed E-state index contributed by atoms with van der Waals surface area (Å²) in [6.07, 6.45) is 1.78. The smallest absolute Gasteiger partial charge is 0.234 e. The first-order valence-electron chi connectivity index (χ1n) is 8.78. The number of hydrogen-bond donors (Lipinski definition) is 1. The third-order valence-corrected chi connectivity index (χ3v) is 5.34. The minimum absolute atomic E-state index is 0.0850. The van der Waals surface area contributed by atoms with Crippen LogP contribution in [0, 0.1) is 13.8 Å². The van der Waals surface area contributed by atoms with Crippen LogP contribution in [0.2, 0.25) is 5.02 Å². The Bertz CT molecular complexity index is 998. The lowest BCUT2D eigenvalue weighted by molar-refractivity contribution is -0.113. The van der Waals surface area contributed by atoms with Gasteiger partial charge in [0.1, 0.15) is 0 Å².